The average Bonchev–Trinajstić information content (AvgIpc) is 3.44. The van der Waals surface area contributed by atoms with Crippen molar-refractivity contribution in [3.05, 3.63) is 95.0 Å². The molecule has 9 nitrogen and oxygen atoms in total. The third-order valence-corrected chi connectivity index (χ3v) is 9.58. The zero-order chi connectivity index (χ0) is 29.9. The van der Waals surface area contributed by atoms with E-state index in [1.165, 1.54) is 27.6 Å². The highest BCUT2D eigenvalue weighted by atomic mass is 32.2. The maximum atomic E-state index is 13.9. The van der Waals surface area contributed by atoms with Crippen LogP contribution in [-0.4, -0.2) is 55.8 Å². The first kappa shape index (κ1) is 29.5. The van der Waals surface area contributed by atoms with Crippen LogP contribution in [0.5, 0.6) is 0 Å². The number of halogens is 2. The monoisotopic (exact) mass is 613 g/mol. The minimum atomic E-state index is -4.22. The zero-order valence-corrected chi connectivity index (χ0v) is 24.3. The van der Waals surface area contributed by atoms with Gasteiger partial charge in [0.15, 0.2) is 0 Å². The summed E-state index contributed by atoms with van der Waals surface area (Å²) in [7, 11) is -2.73. The van der Waals surface area contributed by atoms with Crippen LogP contribution in [0, 0.1) is 11.6 Å². The molecule has 1 atom stereocenters. The summed E-state index contributed by atoms with van der Waals surface area (Å²) in [6, 6.07) is 15.4. The SMILES string of the molecule is CN(C(=O)[C@H](Cc1cc(F)cc(F)c1)NC(=O)NS(=O)(=O)N1CCC(c2ccccc2)CC1)c1ccc2scnc2c1. The highest BCUT2D eigenvalue weighted by Gasteiger charge is 2.32. The number of amides is 3. The van der Waals surface area contributed by atoms with Crippen LogP contribution in [-0.2, 0) is 21.4 Å². The van der Waals surface area contributed by atoms with E-state index in [9.17, 15) is 26.8 Å². The quantitative estimate of drug-likeness (QED) is 0.303. The van der Waals surface area contributed by atoms with Gasteiger partial charge in [-0.05, 0) is 60.2 Å². The summed E-state index contributed by atoms with van der Waals surface area (Å²) < 4.78 is 58.0. The van der Waals surface area contributed by atoms with Gasteiger partial charge in [0.05, 0.1) is 15.7 Å². The fraction of sp³-hybridized carbons (Fsp3) is 0.276. The van der Waals surface area contributed by atoms with E-state index in [0.29, 0.717) is 30.1 Å². The predicted octanol–water partition coefficient (Wildman–Crippen LogP) is 4.57. The van der Waals surface area contributed by atoms with Crippen molar-refractivity contribution in [3.63, 3.8) is 0 Å². The van der Waals surface area contributed by atoms with Crippen molar-refractivity contribution < 1.29 is 26.8 Å². The lowest BCUT2D eigenvalue weighted by Gasteiger charge is -2.31. The lowest BCUT2D eigenvalue weighted by molar-refractivity contribution is -0.120. The fourth-order valence-electron chi connectivity index (χ4n) is 5.10. The number of carbonyl (C=O) groups is 2. The molecule has 42 heavy (non-hydrogen) atoms. The third-order valence-electron chi connectivity index (χ3n) is 7.28. The molecule has 1 saturated heterocycles. The second-order valence-corrected chi connectivity index (χ2v) is 12.7. The van der Waals surface area contributed by atoms with Gasteiger partial charge in [-0.2, -0.15) is 12.7 Å². The number of carbonyl (C=O) groups excluding carboxylic acids is 2. The molecule has 0 aliphatic carbocycles. The van der Waals surface area contributed by atoms with Crippen molar-refractivity contribution in [1.82, 2.24) is 19.3 Å². The molecular weight excluding hydrogens is 584 g/mol. The van der Waals surface area contributed by atoms with E-state index in [4.69, 9.17) is 0 Å². The van der Waals surface area contributed by atoms with Crippen molar-refractivity contribution in [3.8, 4) is 0 Å². The Bertz CT molecular complexity index is 1670. The number of piperidine rings is 1. The Hall–Kier alpha value is -3.94. The van der Waals surface area contributed by atoms with Crippen LogP contribution >= 0.6 is 11.3 Å². The lowest BCUT2D eigenvalue weighted by Crippen LogP contribution is -2.55. The number of hydrogen-bond acceptors (Lipinski definition) is 6. The van der Waals surface area contributed by atoms with Crippen molar-refractivity contribution in [2.24, 2.45) is 0 Å². The zero-order valence-electron chi connectivity index (χ0n) is 22.7. The number of nitrogens with one attached hydrogen (secondary N) is 2. The van der Waals surface area contributed by atoms with Gasteiger partial charge >= 0.3 is 16.2 Å². The number of rotatable bonds is 8. The largest absolute Gasteiger partial charge is 0.330 e. The molecule has 2 N–H and O–H groups in total. The minimum absolute atomic E-state index is 0.111. The molecule has 220 valence electrons. The van der Waals surface area contributed by atoms with E-state index >= 15 is 0 Å². The number of fused-ring (bicyclic) bond motifs is 1. The molecule has 1 aromatic heterocycles. The molecular formula is C29H29F2N5O4S2. The standard InChI is InChI=1S/C29H29F2N5O4S2/c1-35(24-7-8-27-25(17-24)32-18-41-27)28(37)26(15-19-13-22(30)16-23(31)14-19)33-29(38)34-42(39,40)36-11-9-21(10-12-36)20-5-3-2-4-6-20/h2-8,13-14,16-18,21,26H,9-12,15H2,1H3,(H2,33,34,38)/t26-/m0/s1. The number of benzene rings is 3. The molecule has 2 heterocycles. The summed E-state index contributed by atoms with van der Waals surface area (Å²) in [4.78, 5) is 32.1. The first-order valence-corrected chi connectivity index (χ1v) is 15.6. The smallest absolute Gasteiger partial charge is 0.325 e. The summed E-state index contributed by atoms with van der Waals surface area (Å²) in [6.45, 7) is 0.434. The molecule has 0 spiro atoms. The second-order valence-electron chi connectivity index (χ2n) is 10.1. The van der Waals surface area contributed by atoms with Gasteiger partial charge in [0.2, 0.25) is 5.91 Å². The Kier molecular flexibility index (Phi) is 8.80. The topological polar surface area (TPSA) is 112 Å². The number of anilines is 1. The fourth-order valence-corrected chi connectivity index (χ4v) is 6.88. The average molecular weight is 614 g/mol. The van der Waals surface area contributed by atoms with Gasteiger partial charge in [-0.15, -0.1) is 11.3 Å². The Morgan fingerprint density at radius 1 is 1.05 bits per heavy atom. The number of aromatic nitrogens is 1. The van der Waals surface area contributed by atoms with Gasteiger partial charge in [-0.1, -0.05) is 30.3 Å². The molecule has 1 aliphatic heterocycles. The minimum Gasteiger partial charge on any atom is -0.325 e. The summed E-state index contributed by atoms with van der Waals surface area (Å²) in [6.07, 6.45) is 0.895. The lowest BCUT2D eigenvalue weighted by atomic mass is 9.90. The van der Waals surface area contributed by atoms with E-state index in [-0.39, 0.29) is 31.0 Å². The summed E-state index contributed by atoms with van der Waals surface area (Å²) in [5, 5.41) is 2.41. The van der Waals surface area contributed by atoms with E-state index in [1.807, 2.05) is 35.1 Å². The number of hydrogen-bond donors (Lipinski definition) is 2. The van der Waals surface area contributed by atoms with E-state index in [0.717, 1.165) is 22.4 Å². The van der Waals surface area contributed by atoms with Gasteiger partial charge < -0.3 is 10.2 Å². The van der Waals surface area contributed by atoms with Crippen LogP contribution in [0.3, 0.4) is 0 Å². The van der Waals surface area contributed by atoms with E-state index < -0.39 is 39.8 Å². The van der Waals surface area contributed by atoms with Crippen molar-refractivity contribution >= 4 is 49.4 Å². The molecule has 4 aromatic rings. The Labute approximate surface area is 246 Å². The van der Waals surface area contributed by atoms with Gasteiger partial charge in [-0.25, -0.2) is 23.3 Å². The molecule has 0 radical (unpaired) electrons. The highest BCUT2D eigenvalue weighted by molar-refractivity contribution is 7.87. The van der Waals surface area contributed by atoms with Crippen LogP contribution in [0.1, 0.15) is 29.9 Å². The van der Waals surface area contributed by atoms with E-state index in [1.54, 1.807) is 23.7 Å². The third kappa shape index (κ3) is 6.92. The van der Waals surface area contributed by atoms with Crippen LogP contribution in [0.25, 0.3) is 10.2 Å². The summed E-state index contributed by atoms with van der Waals surface area (Å²) >= 11 is 1.44. The summed E-state index contributed by atoms with van der Waals surface area (Å²) in [5.74, 6) is -2.10. The van der Waals surface area contributed by atoms with Crippen LogP contribution in [0.15, 0.2) is 72.2 Å². The highest BCUT2D eigenvalue weighted by Crippen LogP contribution is 2.29. The second kappa shape index (κ2) is 12.5. The van der Waals surface area contributed by atoms with Gasteiger partial charge in [-0.3, -0.25) is 4.79 Å². The normalized spacial score (nSPS) is 15.3. The van der Waals surface area contributed by atoms with Gasteiger partial charge in [0.25, 0.3) is 0 Å². The first-order chi connectivity index (χ1) is 20.1. The van der Waals surface area contributed by atoms with E-state index in [2.05, 4.69) is 10.3 Å². The Morgan fingerprint density at radius 2 is 1.74 bits per heavy atom. The van der Waals surface area contributed by atoms with Crippen molar-refractivity contribution in [2.45, 2.75) is 31.2 Å². The molecule has 1 aliphatic rings. The molecule has 1 fully saturated rings. The van der Waals surface area contributed by atoms with Gasteiger partial charge in [0, 0.05) is 38.3 Å². The van der Waals surface area contributed by atoms with Crippen LogP contribution in [0.2, 0.25) is 0 Å². The van der Waals surface area contributed by atoms with Crippen LogP contribution < -0.4 is 14.9 Å². The summed E-state index contributed by atoms with van der Waals surface area (Å²) in [5.41, 5.74) is 4.07. The van der Waals surface area contributed by atoms with Crippen molar-refractivity contribution in [2.75, 3.05) is 25.0 Å². The number of likely N-dealkylation sites (N-methyl/N-ethyl adjacent to an activating group) is 1. The Balaban J connectivity index is 1.30. The maximum absolute atomic E-state index is 13.9. The van der Waals surface area contributed by atoms with Gasteiger partial charge in [0.1, 0.15) is 17.7 Å². The number of nitrogens with zero attached hydrogens (tertiary/aromatic N) is 3. The molecule has 3 amide bonds. The first-order valence-electron chi connectivity index (χ1n) is 13.3. The van der Waals surface area contributed by atoms with Crippen LogP contribution in [0.4, 0.5) is 19.3 Å². The molecule has 0 saturated carbocycles. The number of thiazole rings is 1. The van der Waals surface area contributed by atoms with Crippen molar-refractivity contribution in [1.29, 1.82) is 0 Å². The molecule has 0 unspecified atom stereocenters. The Morgan fingerprint density at radius 3 is 2.43 bits per heavy atom. The molecule has 13 heteroatoms. The number of urea groups is 1. The molecule has 0 bridgehead atoms. The molecule has 5 rings (SSSR count). The molecule has 3 aromatic carbocycles. The maximum Gasteiger partial charge on any atom is 0.330 e. The predicted molar refractivity (Wildman–Crippen MR) is 157 cm³/mol.